The summed E-state index contributed by atoms with van der Waals surface area (Å²) >= 11 is 0. The first-order valence-corrected chi connectivity index (χ1v) is 8.08. The number of benzene rings is 2. The van der Waals surface area contributed by atoms with Crippen LogP contribution >= 0.6 is 0 Å². The molecule has 1 aliphatic rings. The van der Waals surface area contributed by atoms with E-state index < -0.39 is 5.92 Å². The molecule has 0 heterocycles. The number of Topliss-reactive ketones (excluding diaryl/α,β-unsaturated/α-hetero) is 3. The van der Waals surface area contributed by atoms with E-state index in [9.17, 15) is 14.4 Å². The highest BCUT2D eigenvalue weighted by Crippen LogP contribution is 2.35. The van der Waals surface area contributed by atoms with E-state index in [0.29, 0.717) is 0 Å². The molecule has 3 rings (SSSR count). The smallest absolute Gasteiger partial charge is 0.151 e. The average molecular weight is 308 g/mol. The zero-order chi connectivity index (χ0) is 16.6. The summed E-state index contributed by atoms with van der Waals surface area (Å²) in [5, 5.41) is 2.26. The van der Waals surface area contributed by atoms with Crippen LogP contribution in [0.1, 0.15) is 43.2 Å². The third-order valence-electron chi connectivity index (χ3n) is 4.78. The van der Waals surface area contributed by atoms with Gasteiger partial charge in [0.1, 0.15) is 5.92 Å². The third kappa shape index (κ3) is 2.83. The van der Waals surface area contributed by atoms with Crippen LogP contribution in [0, 0.1) is 12.8 Å². The Bertz CT molecular complexity index is 786. The highest BCUT2D eigenvalue weighted by molar-refractivity contribution is 6.20. The highest BCUT2D eigenvalue weighted by Gasteiger charge is 2.39. The van der Waals surface area contributed by atoms with Gasteiger partial charge in [0.05, 0.1) is 0 Å². The van der Waals surface area contributed by atoms with Crippen molar-refractivity contribution in [2.45, 2.75) is 39.0 Å². The second-order valence-corrected chi connectivity index (χ2v) is 6.35. The van der Waals surface area contributed by atoms with Crippen LogP contribution in [0.5, 0.6) is 0 Å². The number of hydrogen-bond donors (Lipinski definition) is 0. The van der Waals surface area contributed by atoms with Crippen molar-refractivity contribution in [1.29, 1.82) is 0 Å². The molecule has 0 amide bonds. The van der Waals surface area contributed by atoms with Crippen LogP contribution in [0.2, 0.25) is 0 Å². The summed E-state index contributed by atoms with van der Waals surface area (Å²) in [7, 11) is 0. The van der Waals surface area contributed by atoms with E-state index in [2.05, 4.69) is 18.2 Å². The second kappa shape index (κ2) is 6.07. The summed E-state index contributed by atoms with van der Waals surface area (Å²) in [4.78, 5) is 36.5. The van der Waals surface area contributed by atoms with Crippen molar-refractivity contribution in [3.63, 3.8) is 0 Å². The minimum absolute atomic E-state index is 0.111. The molecular formula is C20H20O3. The molecule has 0 bridgehead atoms. The molecule has 0 unspecified atom stereocenters. The summed E-state index contributed by atoms with van der Waals surface area (Å²) < 4.78 is 0. The molecule has 3 heteroatoms. The maximum Gasteiger partial charge on any atom is 0.151 e. The fourth-order valence-electron chi connectivity index (χ4n) is 3.57. The Morgan fingerprint density at radius 1 is 1.04 bits per heavy atom. The summed E-state index contributed by atoms with van der Waals surface area (Å²) in [6.07, 6.45) is 0.796. The van der Waals surface area contributed by atoms with Gasteiger partial charge in [-0.1, -0.05) is 43.3 Å². The number of hydrogen-bond acceptors (Lipinski definition) is 3. The molecule has 0 saturated heterocycles. The average Bonchev–Trinajstić information content (AvgIpc) is 2.53. The van der Waals surface area contributed by atoms with Crippen LogP contribution in [-0.2, 0) is 14.4 Å². The molecule has 0 N–H and O–H groups in total. The Labute approximate surface area is 135 Å². The molecule has 2 aromatic rings. The van der Waals surface area contributed by atoms with Gasteiger partial charge in [-0.2, -0.15) is 0 Å². The van der Waals surface area contributed by atoms with Crippen LogP contribution in [0.25, 0.3) is 10.8 Å². The first kappa shape index (κ1) is 15.6. The van der Waals surface area contributed by atoms with Gasteiger partial charge in [-0.3, -0.25) is 14.4 Å². The predicted octanol–water partition coefficient (Wildman–Crippen LogP) is 3.76. The van der Waals surface area contributed by atoms with Crippen molar-refractivity contribution in [1.82, 2.24) is 0 Å². The van der Waals surface area contributed by atoms with Crippen molar-refractivity contribution in [3.05, 3.63) is 47.5 Å². The van der Waals surface area contributed by atoms with Gasteiger partial charge in [0.2, 0.25) is 0 Å². The van der Waals surface area contributed by atoms with E-state index >= 15 is 0 Å². The Kier molecular flexibility index (Phi) is 4.12. The summed E-state index contributed by atoms with van der Waals surface area (Å²) in [5.74, 6) is -1.80. The molecular weight excluding hydrogens is 288 g/mol. The molecule has 23 heavy (non-hydrogen) atoms. The van der Waals surface area contributed by atoms with Gasteiger partial charge in [0.25, 0.3) is 0 Å². The fourth-order valence-corrected chi connectivity index (χ4v) is 3.57. The second-order valence-electron chi connectivity index (χ2n) is 6.35. The summed E-state index contributed by atoms with van der Waals surface area (Å²) in [6.45, 7) is 3.71. The molecule has 2 aromatic carbocycles. The van der Waals surface area contributed by atoms with Gasteiger partial charge in [0.15, 0.2) is 17.3 Å². The molecule has 0 aromatic heterocycles. The van der Waals surface area contributed by atoms with Gasteiger partial charge >= 0.3 is 0 Å². The van der Waals surface area contributed by atoms with E-state index in [1.165, 1.54) is 0 Å². The molecule has 0 spiro atoms. The molecule has 0 aliphatic heterocycles. The number of fused-ring (bicyclic) bond motifs is 1. The van der Waals surface area contributed by atoms with Crippen LogP contribution in [0.4, 0.5) is 0 Å². The molecule has 0 atom stereocenters. The van der Waals surface area contributed by atoms with Crippen molar-refractivity contribution >= 4 is 28.1 Å². The van der Waals surface area contributed by atoms with E-state index in [4.69, 9.17) is 0 Å². The maximum absolute atomic E-state index is 12.3. The lowest BCUT2D eigenvalue weighted by Crippen LogP contribution is -2.37. The Morgan fingerprint density at radius 2 is 1.61 bits per heavy atom. The van der Waals surface area contributed by atoms with E-state index in [0.717, 1.165) is 21.9 Å². The van der Waals surface area contributed by atoms with Crippen molar-refractivity contribution < 1.29 is 14.4 Å². The van der Waals surface area contributed by atoms with Gasteiger partial charge < -0.3 is 0 Å². The van der Waals surface area contributed by atoms with Crippen LogP contribution in [0.3, 0.4) is 0 Å². The van der Waals surface area contributed by atoms with Crippen LogP contribution in [-0.4, -0.2) is 17.3 Å². The number of ketones is 3. The Balaban J connectivity index is 1.95. The minimum Gasteiger partial charge on any atom is -0.298 e. The van der Waals surface area contributed by atoms with Gasteiger partial charge in [-0.15, -0.1) is 0 Å². The Hall–Kier alpha value is -2.29. The number of rotatable bonds is 3. The van der Waals surface area contributed by atoms with E-state index in [-0.39, 0.29) is 42.5 Å². The molecule has 3 nitrogen and oxygen atoms in total. The lowest BCUT2D eigenvalue weighted by Gasteiger charge is -2.27. The monoisotopic (exact) mass is 308 g/mol. The fraction of sp³-hybridized carbons (Fsp3) is 0.350. The van der Waals surface area contributed by atoms with Crippen LogP contribution in [0.15, 0.2) is 36.4 Å². The van der Waals surface area contributed by atoms with Crippen molar-refractivity contribution in [2.75, 3.05) is 0 Å². The summed E-state index contributed by atoms with van der Waals surface area (Å²) in [5.41, 5.74) is 2.14. The first-order chi connectivity index (χ1) is 11.0. The standard InChI is InChI=1S/C20H20O3/c1-3-17(21)20-18(22)10-15(11-19(20)23)16-9-14-7-5-4-6-13(14)8-12(16)2/h4-9,15,20H,3,10-11H2,1-2H3. The van der Waals surface area contributed by atoms with Gasteiger partial charge in [-0.05, 0) is 34.7 Å². The Morgan fingerprint density at radius 3 is 2.17 bits per heavy atom. The quantitative estimate of drug-likeness (QED) is 0.811. The number of carbonyl (C=O) groups is 3. The molecule has 118 valence electrons. The normalized spacial score (nSPS) is 21.7. The van der Waals surface area contributed by atoms with Gasteiger partial charge in [-0.25, -0.2) is 0 Å². The van der Waals surface area contributed by atoms with Crippen LogP contribution < -0.4 is 0 Å². The number of aryl methyl sites for hydroxylation is 1. The van der Waals surface area contributed by atoms with Crippen molar-refractivity contribution in [2.24, 2.45) is 5.92 Å². The lowest BCUT2D eigenvalue weighted by atomic mass is 9.74. The van der Waals surface area contributed by atoms with E-state index in [1.54, 1.807) is 6.92 Å². The van der Waals surface area contributed by atoms with Crippen molar-refractivity contribution in [3.8, 4) is 0 Å². The molecule has 0 radical (unpaired) electrons. The zero-order valence-electron chi connectivity index (χ0n) is 13.5. The minimum atomic E-state index is -1.02. The van der Waals surface area contributed by atoms with Gasteiger partial charge in [0, 0.05) is 19.3 Å². The lowest BCUT2D eigenvalue weighted by molar-refractivity contribution is -0.142. The topological polar surface area (TPSA) is 51.2 Å². The SMILES string of the molecule is CCC(=O)C1C(=O)CC(c2cc3ccccc3cc2C)CC1=O. The maximum atomic E-state index is 12.3. The highest BCUT2D eigenvalue weighted by atomic mass is 16.2. The third-order valence-corrected chi connectivity index (χ3v) is 4.78. The largest absolute Gasteiger partial charge is 0.298 e. The summed E-state index contributed by atoms with van der Waals surface area (Å²) in [6, 6.07) is 12.2. The number of carbonyl (C=O) groups excluding carboxylic acids is 3. The van der Waals surface area contributed by atoms with E-state index in [1.807, 2.05) is 25.1 Å². The molecule has 1 aliphatic carbocycles. The first-order valence-electron chi connectivity index (χ1n) is 8.08. The zero-order valence-corrected chi connectivity index (χ0v) is 13.5. The predicted molar refractivity (Wildman–Crippen MR) is 89.5 cm³/mol. The molecule has 1 saturated carbocycles. The molecule has 1 fully saturated rings.